The number of halogens is 5. The predicted octanol–water partition coefficient (Wildman–Crippen LogP) is 4.07. The van der Waals surface area contributed by atoms with Crippen molar-refractivity contribution < 1.29 is 27.5 Å². The number of anilines is 1. The summed E-state index contributed by atoms with van der Waals surface area (Å²) < 4.78 is 53.0. The highest BCUT2D eigenvalue weighted by Crippen LogP contribution is 2.41. The Morgan fingerprint density at radius 2 is 1.85 bits per heavy atom. The Bertz CT molecular complexity index is 913. The number of benzene rings is 2. The third-order valence-corrected chi connectivity index (χ3v) is 4.41. The summed E-state index contributed by atoms with van der Waals surface area (Å²) in [6, 6.07) is 8.54. The van der Waals surface area contributed by atoms with Gasteiger partial charge in [0.25, 0.3) is 5.91 Å². The summed E-state index contributed by atoms with van der Waals surface area (Å²) in [5.74, 6) is -2.31. The summed E-state index contributed by atoms with van der Waals surface area (Å²) in [4.78, 5) is 12.2. The van der Waals surface area contributed by atoms with Crippen LogP contribution in [0.5, 0.6) is 0 Å². The van der Waals surface area contributed by atoms with Gasteiger partial charge in [-0.15, -0.1) is 0 Å². The Labute approximate surface area is 156 Å². The number of hydrogen-bond donors (Lipinski definition) is 3. The highest BCUT2D eigenvalue weighted by Gasteiger charge is 2.53. The van der Waals surface area contributed by atoms with E-state index in [9.17, 15) is 27.5 Å². The second kappa shape index (κ2) is 6.86. The molecule has 0 spiro atoms. The first-order valence-electron chi connectivity index (χ1n) is 7.72. The number of amides is 1. The van der Waals surface area contributed by atoms with E-state index in [-0.39, 0.29) is 11.3 Å². The summed E-state index contributed by atoms with van der Waals surface area (Å²) in [7, 11) is 0. The Balaban J connectivity index is 1.71. The van der Waals surface area contributed by atoms with Crippen molar-refractivity contribution in [2.75, 3.05) is 5.32 Å². The van der Waals surface area contributed by atoms with Gasteiger partial charge in [0, 0.05) is 24.3 Å². The minimum Gasteiger partial charge on any atom is -0.365 e. The lowest BCUT2D eigenvalue weighted by atomic mass is 9.99. The molecule has 2 aromatic carbocycles. The van der Waals surface area contributed by atoms with Crippen molar-refractivity contribution in [1.29, 1.82) is 0 Å². The van der Waals surface area contributed by atoms with E-state index in [0.717, 1.165) is 12.1 Å². The fourth-order valence-corrected chi connectivity index (χ4v) is 2.69. The van der Waals surface area contributed by atoms with Crippen LogP contribution < -0.4 is 10.6 Å². The van der Waals surface area contributed by atoms with Crippen LogP contribution in [-0.2, 0) is 0 Å². The summed E-state index contributed by atoms with van der Waals surface area (Å²) in [6.07, 6.45) is 0.787. The molecule has 3 N–H and O–H groups in total. The maximum atomic E-state index is 13.6. The number of carbonyl (C=O) groups excluding carboxylic acids is 1. The second-order valence-electron chi connectivity index (χ2n) is 6.00. The average Bonchev–Trinajstić information content (AvgIpc) is 3.01. The van der Waals surface area contributed by atoms with Crippen molar-refractivity contribution in [2.24, 2.45) is 0 Å². The Morgan fingerprint density at radius 1 is 1.19 bits per heavy atom. The van der Waals surface area contributed by atoms with Gasteiger partial charge >= 0.3 is 5.38 Å². The number of carbonyl (C=O) groups is 1. The maximum absolute atomic E-state index is 13.6. The van der Waals surface area contributed by atoms with Gasteiger partial charge in [0.15, 0.2) is 0 Å². The normalized spacial score (nSPS) is 19.4. The van der Waals surface area contributed by atoms with Gasteiger partial charge in [-0.3, -0.25) is 4.79 Å². The van der Waals surface area contributed by atoms with Crippen LogP contribution in [0.25, 0.3) is 5.57 Å². The van der Waals surface area contributed by atoms with E-state index < -0.39 is 35.1 Å². The molecule has 2 aromatic rings. The van der Waals surface area contributed by atoms with Gasteiger partial charge in [-0.05, 0) is 47.0 Å². The van der Waals surface area contributed by atoms with Crippen LogP contribution >= 0.6 is 11.6 Å². The molecule has 0 radical (unpaired) electrons. The van der Waals surface area contributed by atoms with Crippen LogP contribution in [0.15, 0.2) is 48.7 Å². The molecule has 0 aromatic heterocycles. The third-order valence-electron chi connectivity index (χ3n) is 4.10. The molecule has 0 saturated heterocycles. The molecule has 1 amide bonds. The lowest BCUT2D eigenvalue weighted by molar-refractivity contribution is -0.131. The molecule has 1 unspecified atom stereocenters. The molecule has 27 heavy (non-hydrogen) atoms. The zero-order valence-electron chi connectivity index (χ0n) is 13.6. The van der Waals surface area contributed by atoms with Crippen molar-refractivity contribution in [2.45, 2.75) is 17.5 Å². The largest absolute Gasteiger partial charge is 0.368 e. The summed E-state index contributed by atoms with van der Waals surface area (Å²) >= 11 is 4.91. The maximum Gasteiger partial charge on any atom is 0.368 e. The molecule has 142 valence electrons. The number of nitrogens with one attached hydrogen (secondary N) is 2. The molecule has 0 aliphatic carbocycles. The number of rotatable bonds is 4. The van der Waals surface area contributed by atoms with Gasteiger partial charge in [0.05, 0.1) is 5.69 Å². The predicted molar refractivity (Wildman–Crippen MR) is 92.2 cm³/mol. The van der Waals surface area contributed by atoms with Gasteiger partial charge in [-0.2, -0.15) is 8.78 Å². The third kappa shape index (κ3) is 3.91. The Morgan fingerprint density at radius 3 is 2.41 bits per heavy atom. The van der Waals surface area contributed by atoms with Crippen molar-refractivity contribution in [3.63, 3.8) is 0 Å². The van der Waals surface area contributed by atoms with Crippen LogP contribution in [0, 0.1) is 11.6 Å². The SMILES string of the molecule is O=C(Nc1ccc(F)cc1F)c1ccc(C2=CNC(O)(C(F)(F)Cl)C2)cc1. The highest BCUT2D eigenvalue weighted by molar-refractivity contribution is 6.22. The highest BCUT2D eigenvalue weighted by atomic mass is 35.5. The molecule has 1 aliphatic heterocycles. The number of alkyl halides is 3. The lowest BCUT2D eigenvalue weighted by Crippen LogP contribution is -2.51. The van der Waals surface area contributed by atoms with Crippen molar-refractivity contribution in [1.82, 2.24) is 5.32 Å². The first-order chi connectivity index (χ1) is 12.6. The molecule has 0 saturated carbocycles. The van der Waals surface area contributed by atoms with Crippen molar-refractivity contribution >= 4 is 28.8 Å². The van der Waals surface area contributed by atoms with Gasteiger partial charge in [0.2, 0.25) is 5.72 Å². The second-order valence-corrected chi connectivity index (χ2v) is 6.48. The van der Waals surface area contributed by atoms with Crippen LogP contribution in [0.4, 0.5) is 23.2 Å². The molecule has 9 heteroatoms. The summed E-state index contributed by atoms with van der Waals surface area (Å²) in [5.41, 5.74) is -1.74. The van der Waals surface area contributed by atoms with E-state index in [1.807, 2.05) is 0 Å². The van der Waals surface area contributed by atoms with E-state index in [1.54, 1.807) is 0 Å². The fraction of sp³-hybridized carbons (Fsp3) is 0.167. The fourth-order valence-electron chi connectivity index (χ4n) is 2.57. The summed E-state index contributed by atoms with van der Waals surface area (Å²) in [5, 5.41) is 10.4. The molecule has 4 nitrogen and oxygen atoms in total. The zero-order valence-corrected chi connectivity index (χ0v) is 14.3. The minimum atomic E-state index is -3.87. The smallest absolute Gasteiger partial charge is 0.365 e. The number of aliphatic hydroxyl groups is 1. The molecule has 0 bridgehead atoms. The van der Waals surface area contributed by atoms with E-state index in [0.29, 0.717) is 17.2 Å². The van der Waals surface area contributed by atoms with Crippen LogP contribution in [0.2, 0.25) is 0 Å². The molecule has 3 rings (SSSR count). The molecule has 1 heterocycles. The van der Waals surface area contributed by atoms with E-state index >= 15 is 0 Å². The Hall–Kier alpha value is -2.58. The Kier molecular flexibility index (Phi) is 4.88. The van der Waals surface area contributed by atoms with Gasteiger partial charge in [-0.1, -0.05) is 12.1 Å². The zero-order chi connectivity index (χ0) is 19.8. The van der Waals surface area contributed by atoms with Crippen LogP contribution in [0.1, 0.15) is 22.3 Å². The molecule has 1 atom stereocenters. The standard InChI is InChI=1S/C18H13ClF4N2O2/c19-18(22,23)17(27)8-12(9-24-17)10-1-3-11(4-2-10)16(26)25-15-6-5-13(20)7-14(15)21/h1-7,9,24,27H,8H2,(H,25,26). The lowest BCUT2D eigenvalue weighted by Gasteiger charge is -2.27. The van der Waals surface area contributed by atoms with E-state index in [1.165, 1.54) is 30.5 Å². The van der Waals surface area contributed by atoms with Crippen molar-refractivity contribution in [3.05, 3.63) is 71.4 Å². The van der Waals surface area contributed by atoms with Gasteiger partial charge in [0.1, 0.15) is 11.6 Å². The van der Waals surface area contributed by atoms with Crippen LogP contribution in [0.3, 0.4) is 0 Å². The van der Waals surface area contributed by atoms with Crippen molar-refractivity contribution in [3.8, 4) is 0 Å². The van der Waals surface area contributed by atoms with E-state index in [4.69, 9.17) is 11.6 Å². The molecular weight excluding hydrogens is 388 g/mol. The first-order valence-corrected chi connectivity index (χ1v) is 8.09. The quantitative estimate of drug-likeness (QED) is 0.535. The average molecular weight is 401 g/mol. The summed E-state index contributed by atoms with van der Waals surface area (Å²) in [6.45, 7) is 0. The topological polar surface area (TPSA) is 61.4 Å². The molecule has 1 aliphatic rings. The van der Waals surface area contributed by atoms with Crippen LogP contribution in [-0.4, -0.2) is 22.1 Å². The molecule has 0 fully saturated rings. The van der Waals surface area contributed by atoms with Gasteiger partial charge < -0.3 is 15.7 Å². The first kappa shape index (κ1) is 19.2. The molecular formula is C18H13ClF4N2O2. The number of hydrogen-bond acceptors (Lipinski definition) is 3. The monoisotopic (exact) mass is 400 g/mol. The minimum absolute atomic E-state index is 0.173. The van der Waals surface area contributed by atoms with E-state index in [2.05, 4.69) is 10.6 Å². The van der Waals surface area contributed by atoms with Gasteiger partial charge in [-0.25, -0.2) is 8.78 Å².